The summed E-state index contributed by atoms with van der Waals surface area (Å²) in [6.07, 6.45) is 0. The summed E-state index contributed by atoms with van der Waals surface area (Å²) in [6.45, 7) is 1.61. The normalized spacial score (nSPS) is 12.1. The van der Waals surface area contributed by atoms with Crippen molar-refractivity contribution in [1.29, 1.82) is 0 Å². The van der Waals surface area contributed by atoms with Crippen LogP contribution < -0.4 is 10.5 Å². The standard InChI is InChI=1S/C14H16N2O3/c1-8(14(17)18)11-7-12(16-13(11)15)9-4-3-5-10(6-9)19-2/h3-8,16H,15H2,1-2H3,(H,17,18). The first-order chi connectivity index (χ1) is 9.02. The molecule has 1 unspecified atom stereocenters. The molecule has 2 rings (SSSR count). The molecule has 100 valence electrons. The molecule has 0 aliphatic heterocycles. The zero-order valence-electron chi connectivity index (χ0n) is 10.8. The first-order valence-corrected chi connectivity index (χ1v) is 5.88. The van der Waals surface area contributed by atoms with Gasteiger partial charge in [0.15, 0.2) is 0 Å². The molecule has 0 saturated carbocycles. The number of carbonyl (C=O) groups is 1. The molecule has 0 saturated heterocycles. The van der Waals surface area contributed by atoms with Gasteiger partial charge in [0.05, 0.1) is 13.0 Å². The molecule has 0 aliphatic carbocycles. The fourth-order valence-corrected chi connectivity index (χ4v) is 1.92. The van der Waals surface area contributed by atoms with E-state index in [0.717, 1.165) is 17.0 Å². The summed E-state index contributed by atoms with van der Waals surface area (Å²) in [6, 6.07) is 9.24. The Labute approximate surface area is 111 Å². The largest absolute Gasteiger partial charge is 0.497 e. The highest BCUT2D eigenvalue weighted by Crippen LogP contribution is 2.30. The Hall–Kier alpha value is -2.43. The van der Waals surface area contributed by atoms with Gasteiger partial charge in [0.25, 0.3) is 0 Å². The molecule has 19 heavy (non-hydrogen) atoms. The lowest BCUT2D eigenvalue weighted by atomic mass is 10.0. The third-order valence-corrected chi connectivity index (χ3v) is 3.10. The topological polar surface area (TPSA) is 88.3 Å². The minimum absolute atomic E-state index is 0.382. The van der Waals surface area contributed by atoms with E-state index in [9.17, 15) is 4.79 Å². The van der Waals surface area contributed by atoms with Crippen LogP contribution in [0.5, 0.6) is 5.75 Å². The number of aliphatic carboxylic acids is 1. The molecule has 0 spiro atoms. The van der Waals surface area contributed by atoms with Crippen molar-refractivity contribution in [1.82, 2.24) is 4.98 Å². The number of rotatable bonds is 4. The number of nitrogen functional groups attached to an aromatic ring is 1. The van der Waals surface area contributed by atoms with Gasteiger partial charge in [-0.3, -0.25) is 4.79 Å². The Morgan fingerprint density at radius 3 is 2.79 bits per heavy atom. The zero-order chi connectivity index (χ0) is 14.0. The molecular weight excluding hydrogens is 244 g/mol. The van der Waals surface area contributed by atoms with Crippen molar-refractivity contribution < 1.29 is 14.6 Å². The van der Waals surface area contributed by atoms with E-state index in [1.54, 1.807) is 20.1 Å². The van der Waals surface area contributed by atoms with Gasteiger partial charge in [0.1, 0.15) is 11.6 Å². The third-order valence-electron chi connectivity index (χ3n) is 3.10. The van der Waals surface area contributed by atoms with Crippen LogP contribution in [0.2, 0.25) is 0 Å². The van der Waals surface area contributed by atoms with Crippen molar-refractivity contribution in [2.24, 2.45) is 0 Å². The van der Waals surface area contributed by atoms with Crippen molar-refractivity contribution >= 4 is 11.8 Å². The van der Waals surface area contributed by atoms with Gasteiger partial charge in [-0.2, -0.15) is 0 Å². The van der Waals surface area contributed by atoms with E-state index in [1.807, 2.05) is 24.3 Å². The summed E-state index contributed by atoms with van der Waals surface area (Å²) >= 11 is 0. The number of benzene rings is 1. The number of carboxylic acids is 1. The summed E-state index contributed by atoms with van der Waals surface area (Å²) in [7, 11) is 1.60. The Balaban J connectivity index is 2.41. The molecule has 1 aromatic heterocycles. The van der Waals surface area contributed by atoms with E-state index >= 15 is 0 Å². The van der Waals surface area contributed by atoms with Crippen molar-refractivity contribution in [3.8, 4) is 17.0 Å². The van der Waals surface area contributed by atoms with Crippen LogP contribution in [0.25, 0.3) is 11.3 Å². The van der Waals surface area contributed by atoms with Crippen molar-refractivity contribution in [2.45, 2.75) is 12.8 Å². The number of aromatic nitrogens is 1. The number of carboxylic acid groups (broad SMARTS) is 1. The van der Waals surface area contributed by atoms with Crippen LogP contribution in [0.15, 0.2) is 30.3 Å². The smallest absolute Gasteiger partial charge is 0.310 e. The van der Waals surface area contributed by atoms with Crippen molar-refractivity contribution in [2.75, 3.05) is 12.8 Å². The average molecular weight is 260 g/mol. The lowest BCUT2D eigenvalue weighted by Crippen LogP contribution is -2.08. The van der Waals surface area contributed by atoms with Crippen LogP contribution in [-0.4, -0.2) is 23.2 Å². The van der Waals surface area contributed by atoms with Gasteiger partial charge in [0, 0.05) is 16.8 Å². The molecule has 0 amide bonds. The number of anilines is 1. The van der Waals surface area contributed by atoms with Crippen LogP contribution >= 0.6 is 0 Å². The highest BCUT2D eigenvalue weighted by Gasteiger charge is 2.19. The molecule has 0 radical (unpaired) electrons. The molecule has 5 nitrogen and oxygen atoms in total. The zero-order valence-corrected chi connectivity index (χ0v) is 10.8. The summed E-state index contributed by atoms with van der Waals surface area (Å²) < 4.78 is 5.16. The predicted octanol–water partition coefficient (Wildman–Crippen LogP) is 2.46. The van der Waals surface area contributed by atoms with Gasteiger partial charge >= 0.3 is 5.97 Å². The van der Waals surface area contributed by atoms with E-state index in [-0.39, 0.29) is 0 Å². The van der Waals surface area contributed by atoms with E-state index in [4.69, 9.17) is 15.6 Å². The molecule has 0 fully saturated rings. The van der Waals surface area contributed by atoms with E-state index in [0.29, 0.717) is 11.4 Å². The third kappa shape index (κ3) is 2.54. The predicted molar refractivity (Wildman–Crippen MR) is 73.2 cm³/mol. The molecule has 1 aromatic carbocycles. The van der Waals surface area contributed by atoms with E-state index < -0.39 is 11.9 Å². The van der Waals surface area contributed by atoms with E-state index in [1.165, 1.54) is 0 Å². The first kappa shape index (κ1) is 13.0. The number of nitrogens with one attached hydrogen (secondary N) is 1. The van der Waals surface area contributed by atoms with Crippen LogP contribution in [-0.2, 0) is 4.79 Å². The second-order valence-electron chi connectivity index (χ2n) is 4.34. The number of ether oxygens (including phenoxy) is 1. The first-order valence-electron chi connectivity index (χ1n) is 5.88. The maximum Gasteiger partial charge on any atom is 0.310 e. The highest BCUT2D eigenvalue weighted by molar-refractivity contribution is 5.79. The maximum atomic E-state index is 11.0. The van der Waals surface area contributed by atoms with Gasteiger partial charge in [-0.05, 0) is 25.1 Å². The SMILES string of the molecule is COc1cccc(-c2cc(C(C)C(=O)O)c(N)[nH]2)c1. The second-order valence-corrected chi connectivity index (χ2v) is 4.34. The van der Waals surface area contributed by atoms with Gasteiger partial charge in [-0.15, -0.1) is 0 Å². The Morgan fingerprint density at radius 1 is 1.42 bits per heavy atom. The monoisotopic (exact) mass is 260 g/mol. The molecular formula is C14H16N2O3. The molecule has 1 heterocycles. The van der Waals surface area contributed by atoms with Crippen LogP contribution in [0.4, 0.5) is 5.82 Å². The molecule has 1 atom stereocenters. The summed E-state index contributed by atoms with van der Waals surface area (Å²) in [5, 5.41) is 9.03. The van der Waals surface area contributed by atoms with Gasteiger partial charge in [0.2, 0.25) is 0 Å². The van der Waals surface area contributed by atoms with E-state index in [2.05, 4.69) is 4.98 Å². The average Bonchev–Trinajstić information content (AvgIpc) is 2.80. The lowest BCUT2D eigenvalue weighted by molar-refractivity contribution is -0.138. The fourth-order valence-electron chi connectivity index (χ4n) is 1.92. The van der Waals surface area contributed by atoms with Crippen LogP contribution in [0, 0.1) is 0 Å². The number of nitrogens with two attached hydrogens (primary N) is 1. The minimum Gasteiger partial charge on any atom is -0.497 e. The van der Waals surface area contributed by atoms with Crippen molar-refractivity contribution in [3.63, 3.8) is 0 Å². The number of aromatic amines is 1. The second kappa shape index (κ2) is 5.06. The van der Waals surface area contributed by atoms with Crippen LogP contribution in [0.3, 0.4) is 0 Å². The molecule has 0 aliphatic rings. The Morgan fingerprint density at radius 2 is 2.16 bits per heavy atom. The maximum absolute atomic E-state index is 11.0. The van der Waals surface area contributed by atoms with Gasteiger partial charge in [-0.25, -0.2) is 0 Å². The molecule has 2 aromatic rings. The lowest BCUT2D eigenvalue weighted by Gasteiger charge is -2.03. The van der Waals surface area contributed by atoms with Gasteiger partial charge in [-0.1, -0.05) is 12.1 Å². The quantitative estimate of drug-likeness (QED) is 0.787. The minimum atomic E-state index is -0.900. The summed E-state index contributed by atoms with van der Waals surface area (Å²) in [5.41, 5.74) is 8.10. The van der Waals surface area contributed by atoms with Crippen molar-refractivity contribution in [3.05, 3.63) is 35.9 Å². The number of H-pyrrole nitrogens is 1. The number of hydrogen-bond acceptors (Lipinski definition) is 3. The molecule has 0 bridgehead atoms. The Bertz CT molecular complexity index is 604. The number of methoxy groups -OCH3 is 1. The van der Waals surface area contributed by atoms with Crippen LogP contribution in [0.1, 0.15) is 18.4 Å². The highest BCUT2D eigenvalue weighted by atomic mass is 16.5. The Kier molecular flexibility index (Phi) is 3.46. The molecule has 5 heteroatoms. The fraction of sp³-hybridized carbons (Fsp3) is 0.214. The number of hydrogen-bond donors (Lipinski definition) is 3. The summed E-state index contributed by atoms with van der Waals surface area (Å²) in [4.78, 5) is 14.0. The summed E-state index contributed by atoms with van der Waals surface area (Å²) in [5.74, 6) is -0.426. The van der Waals surface area contributed by atoms with Gasteiger partial charge < -0.3 is 20.6 Å². The molecule has 4 N–H and O–H groups in total.